The SMILES string of the molecule is O=C(C[C@@H]1SC(N2CCCCC2)=NC1=O)Nc1cccc(C(=O)Nc2ncccc2O)c1. The van der Waals surface area contributed by atoms with Crippen molar-refractivity contribution in [3.05, 3.63) is 48.2 Å². The van der Waals surface area contributed by atoms with E-state index in [0.717, 1.165) is 25.9 Å². The number of aliphatic imine (C=N–C) groups is 1. The van der Waals surface area contributed by atoms with Crippen LogP contribution in [-0.2, 0) is 9.59 Å². The third kappa shape index (κ3) is 5.25. The highest BCUT2D eigenvalue weighted by atomic mass is 32.2. The average molecular weight is 454 g/mol. The third-order valence-corrected chi connectivity index (χ3v) is 6.37. The van der Waals surface area contributed by atoms with Gasteiger partial charge in [0.2, 0.25) is 5.91 Å². The number of anilines is 2. The van der Waals surface area contributed by atoms with E-state index in [2.05, 4.69) is 25.5 Å². The molecule has 3 amide bonds. The Bertz CT molecular complexity index is 1070. The number of likely N-dealkylation sites (tertiary alicyclic amines) is 1. The molecule has 2 aromatic rings. The first kappa shape index (κ1) is 21.8. The minimum atomic E-state index is -0.537. The molecule has 166 valence electrons. The van der Waals surface area contributed by atoms with Crippen molar-refractivity contribution in [3.8, 4) is 5.75 Å². The quantitative estimate of drug-likeness (QED) is 0.636. The molecule has 1 fully saturated rings. The lowest BCUT2D eigenvalue weighted by Gasteiger charge is -2.27. The van der Waals surface area contributed by atoms with Gasteiger partial charge >= 0.3 is 0 Å². The van der Waals surface area contributed by atoms with E-state index in [9.17, 15) is 19.5 Å². The van der Waals surface area contributed by atoms with E-state index in [4.69, 9.17) is 0 Å². The second kappa shape index (κ2) is 9.82. The molecule has 0 bridgehead atoms. The van der Waals surface area contributed by atoms with Crippen molar-refractivity contribution in [2.24, 2.45) is 4.99 Å². The monoisotopic (exact) mass is 453 g/mol. The zero-order valence-electron chi connectivity index (χ0n) is 17.3. The van der Waals surface area contributed by atoms with Gasteiger partial charge in [-0.25, -0.2) is 4.98 Å². The number of aromatic nitrogens is 1. The number of carbonyl (C=O) groups is 3. The van der Waals surface area contributed by atoms with Crippen LogP contribution in [0.1, 0.15) is 36.0 Å². The summed E-state index contributed by atoms with van der Waals surface area (Å²) in [5.41, 5.74) is 0.718. The number of nitrogens with zero attached hydrogens (tertiary/aromatic N) is 3. The molecule has 32 heavy (non-hydrogen) atoms. The van der Waals surface area contributed by atoms with E-state index in [1.807, 2.05) is 0 Å². The Hall–Kier alpha value is -3.40. The first-order chi connectivity index (χ1) is 15.5. The highest BCUT2D eigenvalue weighted by Crippen LogP contribution is 2.29. The van der Waals surface area contributed by atoms with Crippen LogP contribution in [0.2, 0.25) is 0 Å². The number of hydrogen-bond donors (Lipinski definition) is 3. The van der Waals surface area contributed by atoms with Gasteiger partial charge in [-0.05, 0) is 49.6 Å². The maximum absolute atomic E-state index is 12.5. The Labute approximate surface area is 189 Å². The second-order valence-corrected chi connectivity index (χ2v) is 8.72. The fraction of sp³-hybridized carbons (Fsp3) is 0.318. The number of aromatic hydroxyl groups is 1. The highest BCUT2D eigenvalue weighted by molar-refractivity contribution is 8.15. The molecule has 0 saturated carbocycles. The summed E-state index contributed by atoms with van der Waals surface area (Å²) in [7, 11) is 0. The number of piperidine rings is 1. The largest absolute Gasteiger partial charge is 0.504 e. The van der Waals surface area contributed by atoms with Gasteiger partial charge in [-0.1, -0.05) is 17.8 Å². The van der Waals surface area contributed by atoms with Gasteiger partial charge in [-0.15, -0.1) is 0 Å². The number of amidine groups is 1. The summed E-state index contributed by atoms with van der Waals surface area (Å²) in [5, 5.41) is 15.2. The highest BCUT2D eigenvalue weighted by Gasteiger charge is 2.33. The van der Waals surface area contributed by atoms with E-state index >= 15 is 0 Å². The van der Waals surface area contributed by atoms with Gasteiger partial charge in [0.1, 0.15) is 5.25 Å². The number of nitrogens with one attached hydrogen (secondary N) is 2. The molecular formula is C22H23N5O4S. The molecule has 4 rings (SSSR count). The number of benzene rings is 1. The molecule has 0 unspecified atom stereocenters. The van der Waals surface area contributed by atoms with Crippen LogP contribution in [0.15, 0.2) is 47.6 Å². The fourth-order valence-corrected chi connectivity index (χ4v) is 4.64. The molecule has 3 N–H and O–H groups in total. The van der Waals surface area contributed by atoms with E-state index in [1.165, 1.54) is 36.5 Å². The van der Waals surface area contributed by atoms with Crippen molar-refractivity contribution in [2.45, 2.75) is 30.9 Å². The summed E-state index contributed by atoms with van der Waals surface area (Å²) in [6.07, 6.45) is 4.82. The third-order valence-electron chi connectivity index (χ3n) is 5.15. The lowest BCUT2D eigenvalue weighted by Crippen LogP contribution is -2.33. The Morgan fingerprint density at radius 1 is 1.12 bits per heavy atom. The van der Waals surface area contributed by atoms with Crippen molar-refractivity contribution in [1.82, 2.24) is 9.88 Å². The Balaban J connectivity index is 1.33. The summed E-state index contributed by atoms with van der Waals surface area (Å²) < 4.78 is 0. The lowest BCUT2D eigenvalue weighted by molar-refractivity contribution is -0.121. The van der Waals surface area contributed by atoms with Gasteiger partial charge < -0.3 is 20.6 Å². The first-order valence-electron chi connectivity index (χ1n) is 10.4. The Morgan fingerprint density at radius 3 is 2.72 bits per heavy atom. The molecule has 1 aromatic heterocycles. The van der Waals surface area contributed by atoms with Crippen LogP contribution in [0.4, 0.5) is 11.5 Å². The average Bonchev–Trinajstić information content (AvgIpc) is 3.16. The summed E-state index contributed by atoms with van der Waals surface area (Å²) >= 11 is 1.35. The van der Waals surface area contributed by atoms with Crippen molar-refractivity contribution >= 4 is 46.2 Å². The zero-order chi connectivity index (χ0) is 22.5. The molecular weight excluding hydrogens is 430 g/mol. The number of thioether (sulfide) groups is 1. The van der Waals surface area contributed by atoms with Gasteiger partial charge in [-0.3, -0.25) is 14.4 Å². The summed E-state index contributed by atoms with van der Waals surface area (Å²) in [6, 6.07) is 9.37. The number of pyridine rings is 1. The smallest absolute Gasteiger partial charge is 0.262 e. The normalized spacial score (nSPS) is 18.2. The molecule has 0 spiro atoms. The van der Waals surface area contributed by atoms with Crippen LogP contribution < -0.4 is 10.6 Å². The zero-order valence-corrected chi connectivity index (χ0v) is 18.1. The minimum Gasteiger partial charge on any atom is -0.504 e. The number of amides is 3. The van der Waals surface area contributed by atoms with E-state index < -0.39 is 11.2 Å². The fourth-order valence-electron chi connectivity index (χ4n) is 3.52. The number of rotatable bonds is 5. The minimum absolute atomic E-state index is 0.00255. The first-order valence-corrected chi connectivity index (χ1v) is 11.3. The van der Waals surface area contributed by atoms with Gasteiger partial charge in [0.25, 0.3) is 11.8 Å². The van der Waals surface area contributed by atoms with Crippen LogP contribution in [0, 0.1) is 0 Å². The van der Waals surface area contributed by atoms with Crippen molar-refractivity contribution in [3.63, 3.8) is 0 Å². The summed E-state index contributed by atoms with van der Waals surface area (Å²) in [5.74, 6) is -1.18. The van der Waals surface area contributed by atoms with Gasteiger partial charge in [0.15, 0.2) is 16.7 Å². The molecule has 2 aliphatic rings. The molecule has 0 aliphatic carbocycles. The topological polar surface area (TPSA) is 124 Å². The predicted octanol–water partition coefficient (Wildman–Crippen LogP) is 2.85. The molecule has 0 radical (unpaired) electrons. The molecule has 3 heterocycles. The molecule has 10 heteroatoms. The standard InChI is InChI=1S/C22H23N5O4S/c28-16-8-5-9-23-19(16)25-20(30)14-6-4-7-15(12-14)24-18(29)13-17-21(31)26-22(32-17)27-10-2-1-3-11-27/h4-9,12,17,28H,1-3,10-11,13H2,(H,24,29)(H,23,25,30)/t17-/m0/s1. The van der Waals surface area contributed by atoms with Crippen LogP contribution >= 0.6 is 11.8 Å². The molecule has 1 saturated heterocycles. The van der Waals surface area contributed by atoms with E-state index in [1.54, 1.807) is 24.3 Å². The van der Waals surface area contributed by atoms with E-state index in [-0.39, 0.29) is 35.4 Å². The van der Waals surface area contributed by atoms with E-state index in [0.29, 0.717) is 10.9 Å². The van der Waals surface area contributed by atoms with Gasteiger partial charge in [0, 0.05) is 37.0 Å². The van der Waals surface area contributed by atoms with Crippen LogP contribution in [0.5, 0.6) is 5.75 Å². The molecule has 1 atom stereocenters. The second-order valence-electron chi connectivity index (χ2n) is 7.55. The molecule has 1 aromatic carbocycles. The Morgan fingerprint density at radius 2 is 1.94 bits per heavy atom. The number of carbonyl (C=O) groups excluding carboxylic acids is 3. The Kier molecular flexibility index (Phi) is 6.69. The van der Waals surface area contributed by atoms with Crippen LogP contribution in [0.25, 0.3) is 0 Å². The van der Waals surface area contributed by atoms with Crippen LogP contribution in [0.3, 0.4) is 0 Å². The lowest BCUT2D eigenvalue weighted by atomic mass is 10.1. The van der Waals surface area contributed by atoms with Crippen LogP contribution in [-0.4, -0.2) is 56.2 Å². The number of hydrogen-bond acceptors (Lipinski definition) is 7. The summed E-state index contributed by atoms with van der Waals surface area (Å²) in [4.78, 5) is 47.4. The van der Waals surface area contributed by atoms with Gasteiger partial charge in [0.05, 0.1) is 0 Å². The predicted molar refractivity (Wildman–Crippen MR) is 123 cm³/mol. The molecule has 2 aliphatic heterocycles. The summed E-state index contributed by atoms with van der Waals surface area (Å²) in [6.45, 7) is 1.78. The maximum Gasteiger partial charge on any atom is 0.262 e. The maximum atomic E-state index is 12.5. The van der Waals surface area contributed by atoms with Crippen molar-refractivity contribution < 1.29 is 19.5 Å². The van der Waals surface area contributed by atoms with Crippen molar-refractivity contribution in [1.29, 1.82) is 0 Å². The molecule has 9 nitrogen and oxygen atoms in total. The van der Waals surface area contributed by atoms with Gasteiger partial charge in [-0.2, -0.15) is 4.99 Å². The van der Waals surface area contributed by atoms with Crippen molar-refractivity contribution in [2.75, 3.05) is 23.7 Å².